The third-order valence-corrected chi connectivity index (χ3v) is 12.2. The van der Waals surface area contributed by atoms with Gasteiger partial charge in [-0.25, -0.2) is 15.0 Å². The van der Waals surface area contributed by atoms with Gasteiger partial charge in [0.25, 0.3) is 0 Å². The van der Waals surface area contributed by atoms with Crippen molar-refractivity contribution >= 4 is 86.8 Å². The lowest BCUT2D eigenvalue weighted by molar-refractivity contribution is 0.668. The molecular formula is C55H32N4O. The molecule has 0 spiro atoms. The van der Waals surface area contributed by atoms with Crippen molar-refractivity contribution in [1.82, 2.24) is 19.5 Å². The van der Waals surface area contributed by atoms with Gasteiger partial charge >= 0.3 is 0 Å². The minimum atomic E-state index is 0.574. The van der Waals surface area contributed by atoms with Gasteiger partial charge in [0.2, 0.25) is 0 Å². The van der Waals surface area contributed by atoms with Gasteiger partial charge in [0.1, 0.15) is 11.2 Å². The number of aromatic nitrogens is 4. The highest BCUT2D eigenvalue weighted by Crippen LogP contribution is 2.42. The van der Waals surface area contributed by atoms with Gasteiger partial charge in [-0.3, -0.25) is 0 Å². The van der Waals surface area contributed by atoms with E-state index >= 15 is 0 Å². The predicted molar refractivity (Wildman–Crippen MR) is 248 cm³/mol. The Morgan fingerprint density at radius 2 is 0.933 bits per heavy atom. The number of fused-ring (bicyclic) bond motifs is 11. The molecule has 0 aliphatic rings. The first kappa shape index (κ1) is 32.9. The summed E-state index contributed by atoms with van der Waals surface area (Å²) in [5.41, 5.74) is 7.51. The van der Waals surface area contributed by atoms with Crippen molar-refractivity contribution in [1.29, 1.82) is 0 Å². The van der Waals surface area contributed by atoms with Crippen LogP contribution in [0.15, 0.2) is 199 Å². The fraction of sp³-hybridized carbons (Fsp3) is 0. The van der Waals surface area contributed by atoms with Crippen molar-refractivity contribution in [2.24, 2.45) is 0 Å². The maximum Gasteiger partial charge on any atom is 0.164 e. The van der Waals surface area contributed by atoms with Crippen LogP contribution in [0.1, 0.15) is 0 Å². The molecule has 0 unspecified atom stereocenters. The molecule has 10 aromatic carbocycles. The first-order chi connectivity index (χ1) is 29.7. The van der Waals surface area contributed by atoms with Gasteiger partial charge in [-0.15, -0.1) is 0 Å². The van der Waals surface area contributed by atoms with Gasteiger partial charge < -0.3 is 8.98 Å². The van der Waals surface area contributed by atoms with E-state index in [9.17, 15) is 0 Å². The van der Waals surface area contributed by atoms with Crippen molar-refractivity contribution in [3.63, 3.8) is 0 Å². The minimum absolute atomic E-state index is 0.574. The van der Waals surface area contributed by atoms with Crippen LogP contribution in [0.25, 0.3) is 127 Å². The number of rotatable bonds is 4. The molecule has 0 aliphatic carbocycles. The molecule has 0 aliphatic heterocycles. The summed E-state index contributed by atoms with van der Waals surface area (Å²) in [7, 11) is 0. The normalized spacial score (nSPS) is 12.0. The lowest BCUT2D eigenvalue weighted by atomic mass is 9.96. The minimum Gasteiger partial charge on any atom is -0.456 e. The summed E-state index contributed by atoms with van der Waals surface area (Å²) >= 11 is 0. The number of nitrogens with zero attached hydrogens (tertiary/aromatic N) is 4. The van der Waals surface area contributed by atoms with E-state index in [0.717, 1.165) is 82.3 Å². The molecule has 3 heterocycles. The lowest BCUT2D eigenvalue weighted by Crippen LogP contribution is -2.02. The zero-order valence-electron chi connectivity index (χ0n) is 32.2. The predicted octanol–water partition coefficient (Wildman–Crippen LogP) is 14.5. The topological polar surface area (TPSA) is 56.7 Å². The molecule has 13 rings (SSSR count). The van der Waals surface area contributed by atoms with E-state index in [1.165, 1.54) is 26.9 Å². The number of hydrogen-bond acceptors (Lipinski definition) is 4. The van der Waals surface area contributed by atoms with E-state index in [4.69, 9.17) is 19.4 Å². The summed E-state index contributed by atoms with van der Waals surface area (Å²) in [6.07, 6.45) is 0. The number of furan rings is 1. The van der Waals surface area contributed by atoms with E-state index in [1.807, 2.05) is 12.1 Å². The quantitative estimate of drug-likeness (QED) is 0.167. The number of hydrogen-bond donors (Lipinski definition) is 0. The van der Waals surface area contributed by atoms with Crippen LogP contribution in [0.3, 0.4) is 0 Å². The second kappa shape index (κ2) is 12.7. The van der Waals surface area contributed by atoms with Crippen LogP contribution in [0.2, 0.25) is 0 Å². The largest absolute Gasteiger partial charge is 0.456 e. The van der Waals surface area contributed by atoms with E-state index in [1.54, 1.807) is 0 Å². The standard InChI is InChI=1S/C55H32N4O/c1-2-14-34-27-38(26-25-33(34)13-1)53-56-54(46-29-37-17-5-6-18-40(37)41-19-7-8-20-42(41)46)58-55(57-53)47-31-39(32-51-52(47)44-22-10-12-24-50(44)60-51)59-48-23-11-9-21-43(48)45-28-35-15-3-4-16-36(35)30-49(45)59/h1-32H. The van der Waals surface area contributed by atoms with Crippen LogP contribution < -0.4 is 0 Å². The summed E-state index contributed by atoms with van der Waals surface area (Å²) in [4.78, 5) is 16.2. The molecule has 0 amide bonds. The molecule has 0 N–H and O–H groups in total. The molecule has 5 nitrogen and oxygen atoms in total. The Morgan fingerprint density at radius 1 is 0.333 bits per heavy atom. The molecule has 13 aromatic rings. The van der Waals surface area contributed by atoms with Crippen LogP contribution >= 0.6 is 0 Å². The van der Waals surface area contributed by atoms with E-state index < -0.39 is 0 Å². The van der Waals surface area contributed by atoms with Crippen molar-refractivity contribution in [2.75, 3.05) is 0 Å². The van der Waals surface area contributed by atoms with Crippen molar-refractivity contribution in [2.45, 2.75) is 0 Å². The molecule has 0 fully saturated rings. The summed E-state index contributed by atoms with van der Waals surface area (Å²) in [5.74, 6) is 1.79. The molecule has 0 bridgehead atoms. The Morgan fingerprint density at radius 3 is 1.75 bits per heavy atom. The maximum absolute atomic E-state index is 6.75. The fourth-order valence-corrected chi connectivity index (χ4v) is 9.39. The smallest absolute Gasteiger partial charge is 0.164 e. The van der Waals surface area contributed by atoms with Gasteiger partial charge in [-0.2, -0.15) is 0 Å². The second-order valence-corrected chi connectivity index (χ2v) is 15.6. The second-order valence-electron chi connectivity index (χ2n) is 15.6. The highest BCUT2D eigenvalue weighted by Gasteiger charge is 2.23. The Hall–Kier alpha value is -8.15. The van der Waals surface area contributed by atoms with Crippen LogP contribution in [-0.4, -0.2) is 19.5 Å². The lowest BCUT2D eigenvalue weighted by Gasteiger charge is -2.14. The Labute approximate surface area is 343 Å². The van der Waals surface area contributed by atoms with E-state index in [2.05, 4.69) is 187 Å². The third-order valence-electron chi connectivity index (χ3n) is 12.2. The van der Waals surface area contributed by atoms with Gasteiger partial charge in [0.15, 0.2) is 17.5 Å². The molecule has 0 atom stereocenters. The van der Waals surface area contributed by atoms with Gasteiger partial charge in [0, 0.05) is 44.3 Å². The molecular weight excluding hydrogens is 733 g/mol. The summed E-state index contributed by atoms with van der Waals surface area (Å²) in [6, 6.07) is 68.6. The zero-order chi connectivity index (χ0) is 39.3. The zero-order valence-corrected chi connectivity index (χ0v) is 32.2. The number of para-hydroxylation sites is 2. The van der Waals surface area contributed by atoms with Gasteiger partial charge in [-0.05, 0) is 85.6 Å². The summed E-state index contributed by atoms with van der Waals surface area (Å²) in [6.45, 7) is 0. The van der Waals surface area contributed by atoms with Crippen LogP contribution in [0.5, 0.6) is 0 Å². The van der Waals surface area contributed by atoms with Crippen molar-refractivity contribution in [3.05, 3.63) is 194 Å². The Kier molecular flexibility index (Phi) is 6.95. The van der Waals surface area contributed by atoms with Crippen molar-refractivity contribution in [3.8, 4) is 39.9 Å². The monoisotopic (exact) mass is 764 g/mol. The summed E-state index contributed by atoms with van der Waals surface area (Å²) < 4.78 is 9.10. The highest BCUT2D eigenvalue weighted by molar-refractivity contribution is 6.16. The van der Waals surface area contributed by atoms with E-state index in [-0.39, 0.29) is 0 Å². The molecule has 0 saturated heterocycles. The average Bonchev–Trinajstić information content (AvgIpc) is 3.85. The molecule has 3 aromatic heterocycles. The molecule has 278 valence electrons. The highest BCUT2D eigenvalue weighted by atomic mass is 16.3. The number of benzene rings is 10. The first-order valence-electron chi connectivity index (χ1n) is 20.3. The molecule has 0 saturated carbocycles. The molecule has 5 heteroatoms. The van der Waals surface area contributed by atoms with Crippen LogP contribution in [-0.2, 0) is 0 Å². The fourth-order valence-electron chi connectivity index (χ4n) is 9.39. The Bertz CT molecular complexity index is 3910. The van der Waals surface area contributed by atoms with Gasteiger partial charge in [0.05, 0.1) is 16.7 Å². The van der Waals surface area contributed by atoms with E-state index in [0.29, 0.717) is 17.5 Å². The van der Waals surface area contributed by atoms with Crippen molar-refractivity contribution < 1.29 is 4.42 Å². The van der Waals surface area contributed by atoms with Crippen LogP contribution in [0.4, 0.5) is 0 Å². The summed E-state index contributed by atoms with van der Waals surface area (Å²) in [5, 5.41) is 13.6. The van der Waals surface area contributed by atoms with Crippen LogP contribution in [0, 0.1) is 0 Å². The Balaban J connectivity index is 1.15. The maximum atomic E-state index is 6.75. The molecule has 60 heavy (non-hydrogen) atoms. The third kappa shape index (κ3) is 4.96. The SMILES string of the molecule is c1ccc2cc(-c3nc(-c4cc5ccccc5c5ccccc45)nc(-c4cc(-n5c6ccccc6c6cc7ccccc7cc65)cc5oc6ccccc6c45)n3)ccc2c1. The average molecular weight is 765 g/mol. The molecule has 0 radical (unpaired) electrons. The first-order valence-corrected chi connectivity index (χ1v) is 20.3. The van der Waals surface area contributed by atoms with Gasteiger partial charge in [-0.1, -0.05) is 146 Å².